The van der Waals surface area contributed by atoms with Gasteiger partial charge in [0.05, 0.1) is 0 Å². The second-order valence-electron chi connectivity index (χ2n) is 12.7. The Morgan fingerprint density at radius 2 is 0.958 bits per heavy atom. The number of hydrogen-bond acceptors (Lipinski definition) is 3. The van der Waals surface area contributed by atoms with Crippen molar-refractivity contribution < 1.29 is 25.8 Å². The molecule has 0 aliphatic heterocycles. The van der Waals surface area contributed by atoms with E-state index in [0.717, 1.165) is 65.8 Å². The van der Waals surface area contributed by atoms with E-state index in [9.17, 15) is 0 Å². The zero-order chi connectivity index (χ0) is 31.6. The maximum atomic E-state index is 6.69. The SMILES string of the molecule is Cc1ccnc2c3[c-]c(Oc4[c-]c5c6nccc(C)c6c6cc7ccccc7n6c5c(C)c4)cc(C)c3n3c4ccccc4cc3c12.[Pt+2]. The van der Waals surface area contributed by atoms with Gasteiger partial charge < -0.3 is 23.5 Å². The summed E-state index contributed by atoms with van der Waals surface area (Å²) in [6.45, 7) is 8.59. The van der Waals surface area contributed by atoms with Crippen LogP contribution >= 0.6 is 0 Å². The van der Waals surface area contributed by atoms with E-state index < -0.39 is 0 Å². The van der Waals surface area contributed by atoms with Crippen LogP contribution in [0.2, 0.25) is 0 Å². The molecule has 5 nitrogen and oxygen atoms in total. The van der Waals surface area contributed by atoms with Crippen molar-refractivity contribution in [3.05, 3.63) is 132 Å². The third-order valence-corrected chi connectivity index (χ3v) is 9.81. The summed E-state index contributed by atoms with van der Waals surface area (Å²) in [6.07, 6.45) is 3.78. The van der Waals surface area contributed by atoms with Crippen LogP contribution in [0.5, 0.6) is 11.5 Å². The van der Waals surface area contributed by atoms with E-state index in [1.165, 1.54) is 32.9 Å². The van der Waals surface area contributed by atoms with Crippen molar-refractivity contribution in [1.29, 1.82) is 0 Å². The van der Waals surface area contributed by atoms with Gasteiger partial charge in [0.25, 0.3) is 0 Å². The van der Waals surface area contributed by atoms with Crippen LogP contribution in [0.1, 0.15) is 22.3 Å². The van der Waals surface area contributed by atoms with E-state index in [1.807, 2.05) is 12.4 Å². The van der Waals surface area contributed by atoms with Crippen molar-refractivity contribution in [3.63, 3.8) is 0 Å². The molecule has 0 aliphatic rings. The molecule has 0 unspecified atom stereocenters. The van der Waals surface area contributed by atoms with Crippen molar-refractivity contribution in [2.45, 2.75) is 27.7 Å². The standard InChI is InChI=1S/C42H28N4O.Pt/c1-23-13-15-43-39-31-21-29(17-25(3)41(31)45-33-11-7-5-9-27(33)19-35(45)37(23)39)47-30-18-26(4)42-32(22-30)40-38(24(2)14-16-44-40)36-20-28-10-6-8-12-34(28)46(36)42;/h5-20H,1-4H3;/q-2;+2. The monoisotopic (exact) mass is 799 g/mol. The number of nitrogens with zero attached hydrogens (tertiary/aromatic N) is 4. The van der Waals surface area contributed by atoms with Crippen LogP contribution in [-0.2, 0) is 21.1 Å². The van der Waals surface area contributed by atoms with Crippen LogP contribution in [0.15, 0.2) is 97.3 Å². The number of rotatable bonds is 2. The molecule has 0 saturated heterocycles. The molecule has 0 spiro atoms. The van der Waals surface area contributed by atoms with Gasteiger partial charge in [0.1, 0.15) is 0 Å². The topological polar surface area (TPSA) is 43.8 Å². The number of para-hydroxylation sites is 2. The Labute approximate surface area is 290 Å². The fourth-order valence-electron chi connectivity index (χ4n) is 7.81. The summed E-state index contributed by atoms with van der Waals surface area (Å²) in [7, 11) is 0. The van der Waals surface area contributed by atoms with Crippen LogP contribution < -0.4 is 4.74 Å². The number of pyridine rings is 4. The van der Waals surface area contributed by atoms with Crippen molar-refractivity contribution in [1.82, 2.24) is 18.8 Å². The van der Waals surface area contributed by atoms with Gasteiger partial charge >= 0.3 is 21.1 Å². The molecule has 10 rings (SSSR count). The second kappa shape index (κ2) is 10.4. The van der Waals surface area contributed by atoms with E-state index in [-0.39, 0.29) is 21.1 Å². The Hall–Kier alpha value is -5.25. The molecule has 0 fully saturated rings. The van der Waals surface area contributed by atoms with E-state index in [2.05, 4.69) is 134 Å². The van der Waals surface area contributed by atoms with Crippen molar-refractivity contribution >= 4 is 76.5 Å². The number of fused-ring (bicyclic) bond motifs is 16. The summed E-state index contributed by atoms with van der Waals surface area (Å²) in [5.41, 5.74) is 13.2. The van der Waals surface area contributed by atoms with E-state index in [0.29, 0.717) is 11.5 Å². The summed E-state index contributed by atoms with van der Waals surface area (Å²) < 4.78 is 11.4. The van der Waals surface area contributed by atoms with E-state index in [1.54, 1.807) is 0 Å². The Bertz CT molecular complexity index is 2790. The van der Waals surface area contributed by atoms with Crippen molar-refractivity contribution in [2.75, 3.05) is 0 Å². The molecule has 0 radical (unpaired) electrons. The molecular formula is C42H28N4OPt. The Kier molecular flexibility index (Phi) is 6.25. The summed E-state index contributed by atoms with van der Waals surface area (Å²) in [5, 5.41) is 6.54. The molecule has 4 aromatic carbocycles. The average molecular weight is 800 g/mol. The first-order valence-corrected chi connectivity index (χ1v) is 15.9. The summed E-state index contributed by atoms with van der Waals surface area (Å²) in [5.74, 6) is 1.26. The number of benzene rings is 4. The van der Waals surface area contributed by atoms with Gasteiger partial charge in [0, 0.05) is 46.0 Å². The molecule has 48 heavy (non-hydrogen) atoms. The molecule has 0 bridgehead atoms. The van der Waals surface area contributed by atoms with Crippen LogP contribution in [-0.4, -0.2) is 18.8 Å². The average Bonchev–Trinajstić information content (AvgIpc) is 3.64. The number of hydrogen-bond donors (Lipinski definition) is 0. The van der Waals surface area contributed by atoms with Gasteiger partial charge in [-0.3, -0.25) is 0 Å². The summed E-state index contributed by atoms with van der Waals surface area (Å²) >= 11 is 0. The number of aromatic nitrogens is 4. The van der Waals surface area contributed by atoms with Gasteiger partial charge in [-0.05, 0) is 105 Å². The Morgan fingerprint density at radius 1 is 0.521 bits per heavy atom. The molecule has 6 heteroatoms. The molecule has 0 saturated carbocycles. The normalized spacial score (nSPS) is 12.0. The zero-order valence-corrected chi connectivity index (χ0v) is 29.0. The molecule has 0 aliphatic carbocycles. The van der Waals surface area contributed by atoms with Crippen molar-refractivity contribution in [3.8, 4) is 11.5 Å². The van der Waals surface area contributed by atoms with Crippen LogP contribution in [0, 0.1) is 39.8 Å². The minimum Gasteiger partial charge on any atom is -0.497 e. The second-order valence-corrected chi connectivity index (χ2v) is 12.7. The van der Waals surface area contributed by atoms with E-state index in [4.69, 9.17) is 14.7 Å². The molecule has 6 aromatic heterocycles. The maximum Gasteiger partial charge on any atom is 2.00 e. The molecule has 6 heterocycles. The van der Waals surface area contributed by atoms with Crippen LogP contribution in [0.4, 0.5) is 0 Å². The van der Waals surface area contributed by atoms with E-state index >= 15 is 0 Å². The van der Waals surface area contributed by atoms with Gasteiger partial charge in [-0.15, -0.1) is 11.1 Å². The molecule has 232 valence electrons. The van der Waals surface area contributed by atoms with Crippen molar-refractivity contribution in [2.24, 2.45) is 0 Å². The van der Waals surface area contributed by atoms with Gasteiger partial charge in [-0.1, -0.05) is 85.3 Å². The zero-order valence-electron chi connectivity index (χ0n) is 26.8. The smallest absolute Gasteiger partial charge is 0.497 e. The van der Waals surface area contributed by atoms with Gasteiger partial charge in [-0.25, -0.2) is 0 Å². The molecule has 0 N–H and O–H groups in total. The third-order valence-electron chi connectivity index (χ3n) is 9.81. The van der Waals surface area contributed by atoms with Gasteiger partial charge in [0.15, 0.2) is 0 Å². The first kappa shape index (κ1) is 28.9. The number of aryl methyl sites for hydroxylation is 4. The van der Waals surface area contributed by atoms with Crippen LogP contribution in [0.3, 0.4) is 0 Å². The predicted octanol–water partition coefficient (Wildman–Crippen LogP) is 10.5. The molecule has 0 atom stereocenters. The first-order valence-electron chi connectivity index (χ1n) is 15.9. The number of ether oxygens (including phenoxy) is 1. The Balaban J connectivity index is 0.00000314. The van der Waals surface area contributed by atoms with Gasteiger partial charge in [-0.2, -0.15) is 0 Å². The Morgan fingerprint density at radius 3 is 1.42 bits per heavy atom. The quantitative estimate of drug-likeness (QED) is 0.129. The largest absolute Gasteiger partial charge is 2.00 e. The molecular weight excluding hydrogens is 772 g/mol. The fraction of sp³-hybridized carbons (Fsp3) is 0.0952. The minimum absolute atomic E-state index is 0. The maximum absolute atomic E-state index is 6.69. The minimum atomic E-state index is 0. The van der Waals surface area contributed by atoms with Crippen LogP contribution in [0.25, 0.3) is 76.5 Å². The summed E-state index contributed by atoms with van der Waals surface area (Å²) in [6, 6.07) is 37.2. The molecule has 10 aromatic rings. The fourth-order valence-corrected chi connectivity index (χ4v) is 7.81. The molecule has 0 amide bonds. The first-order chi connectivity index (χ1) is 23.0. The summed E-state index contributed by atoms with van der Waals surface area (Å²) in [4.78, 5) is 9.81. The third kappa shape index (κ3) is 3.88. The predicted molar refractivity (Wildman–Crippen MR) is 192 cm³/mol. The van der Waals surface area contributed by atoms with Gasteiger partial charge in [0.2, 0.25) is 0 Å².